The molecule has 0 bridgehead atoms. The average molecular weight is 628 g/mol. The highest BCUT2D eigenvalue weighted by Gasteiger charge is 2.68. The Morgan fingerprint density at radius 3 is 2.62 bits per heavy atom. The topological polar surface area (TPSA) is 84.1 Å². The van der Waals surface area contributed by atoms with E-state index in [2.05, 4.69) is 10.3 Å². The number of alkyl halides is 5. The summed E-state index contributed by atoms with van der Waals surface area (Å²) >= 11 is 12.1. The summed E-state index contributed by atoms with van der Waals surface area (Å²) in [6.07, 6.45) is -4.71. The highest BCUT2D eigenvalue weighted by Crippen LogP contribution is 2.64. The maximum Gasteiger partial charge on any atom is 0.449 e. The summed E-state index contributed by atoms with van der Waals surface area (Å²) in [5, 5.41) is 3.56. The van der Waals surface area contributed by atoms with E-state index in [9.17, 15) is 22.8 Å². The summed E-state index contributed by atoms with van der Waals surface area (Å²) in [5.74, 6) is -5.78. The van der Waals surface area contributed by atoms with Crippen molar-refractivity contribution in [2.75, 3.05) is 13.2 Å². The van der Waals surface area contributed by atoms with Crippen molar-refractivity contribution in [3.8, 4) is 0 Å². The molecule has 42 heavy (non-hydrogen) atoms. The molecule has 6 rings (SSSR count). The number of nitrogens with zero attached hydrogens (tertiary/aromatic N) is 2. The third-order valence-electron chi connectivity index (χ3n) is 7.79. The molecule has 2 amide bonds. The Morgan fingerprint density at radius 2 is 1.93 bits per heavy atom. The van der Waals surface area contributed by atoms with E-state index >= 15 is 8.78 Å². The quantitative estimate of drug-likeness (QED) is 0.340. The van der Waals surface area contributed by atoms with Crippen molar-refractivity contribution in [3.63, 3.8) is 0 Å². The first kappa shape index (κ1) is 28.6. The predicted molar refractivity (Wildman–Crippen MR) is 141 cm³/mol. The molecule has 2 aromatic carbocycles. The fourth-order valence-electron chi connectivity index (χ4n) is 5.62. The molecule has 1 aliphatic carbocycles. The van der Waals surface area contributed by atoms with Gasteiger partial charge in [0.25, 0.3) is 17.7 Å². The van der Waals surface area contributed by atoms with Crippen molar-refractivity contribution in [1.29, 1.82) is 0 Å². The van der Waals surface area contributed by atoms with Gasteiger partial charge in [-0.15, -0.1) is 0 Å². The zero-order valence-corrected chi connectivity index (χ0v) is 23.1. The van der Waals surface area contributed by atoms with E-state index < -0.39 is 41.1 Å². The van der Waals surface area contributed by atoms with Crippen molar-refractivity contribution in [2.24, 2.45) is 4.99 Å². The number of amides is 2. The molecule has 1 spiro atoms. The molecule has 3 heterocycles. The van der Waals surface area contributed by atoms with E-state index in [0.29, 0.717) is 22.4 Å². The second kappa shape index (κ2) is 9.78. The highest BCUT2D eigenvalue weighted by molar-refractivity contribution is 6.35. The van der Waals surface area contributed by atoms with Gasteiger partial charge in [0.2, 0.25) is 5.76 Å². The first-order valence-corrected chi connectivity index (χ1v) is 13.4. The van der Waals surface area contributed by atoms with Gasteiger partial charge in [-0.2, -0.15) is 13.2 Å². The van der Waals surface area contributed by atoms with Crippen LogP contribution in [-0.2, 0) is 33.7 Å². The Morgan fingerprint density at radius 1 is 1.17 bits per heavy atom. The van der Waals surface area contributed by atoms with E-state index in [-0.39, 0.29) is 53.0 Å². The van der Waals surface area contributed by atoms with E-state index in [1.54, 1.807) is 19.1 Å². The largest absolute Gasteiger partial charge is 0.455 e. The monoisotopic (exact) mass is 627 g/mol. The van der Waals surface area contributed by atoms with Crippen LogP contribution in [0.1, 0.15) is 50.6 Å². The van der Waals surface area contributed by atoms with Crippen molar-refractivity contribution in [2.45, 2.75) is 43.4 Å². The maximum atomic E-state index is 15.3. The van der Waals surface area contributed by atoms with Gasteiger partial charge in [-0.25, -0.2) is 13.8 Å². The molecule has 0 radical (unpaired) electrons. The molecule has 1 N–H and O–H groups in total. The summed E-state index contributed by atoms with van der Waals surface area (Å²) in [7, 11) is 0. The third-order valence-corrected chi connectivity index (χ3v) is 8.30. The van der Waals surface area contributed by atoms with Crippen LogP contribution in [0.2, 0.25) is 10.0 Å². The number of carbonyl (C=O) groups excluding carboxylic acids is 2. The number of benzene rings is 2. The fourth-order valence-corrected chi connectivity index (χ4v) is 6.23. The van der Waals surface area contributed by atoms with Crippen LogP contribution < -0.4 is 5.32 Å². The molecule has 0 saturated carbocycles. The lowest BCUT2D eigenvalue weighted by atomic mass is 9.59. The standard InChI is InChI=1S/C28H20Cl2F5N3O4/c1-13-6-14(20-9-26(12-36-20)18-7-15(29)8-19(30)23(18)27(26,31)32)2-4-17(13)24(39)37-21-11-41-38(25(21)40)10-16-3-5-22(42-16)28(33,34)35/h2-8,21H,9-12H2,1H3,(H,37,39)/t21-,26?/m1/s1. The maximum absolute atomic E-state index is 15.3. The number of furan rings is 1. The lowest BCUT2D eigenvalue weighted by molar-refractivity contribution is -0.167. The number of hydroxylamine groups is 2. The number of halogens is 7. The second-order valence-corrected chi connectivity index (χ2v) is 11.2. The number of hydrogen-bond donors (Lipinski definition) is 1. The fraction of sp³-hybridized carbons (Fsp3) is 0.321. The number of carbonyl (C=O) groups is 2. The second-order valence-electron chi connectivity index (χ2n) is 10.4. The van der Waals surface area contributed by atoms with Crippen molar-refractivity contribution in [1.82, 2.24) is 10.4 Å². The van der Waals surface area contributed by atoms with Crippen LogP contribution in [0.15, 0.2) is 51.9 Å². The van der Waals surface area contributed by atoms with Crippen LogP contribution in [0.4, 0.5) is 22.0 Å². The van der Waals surface area contributed by atoms with E-state index in [0.717, 1.165) is 17.2 Å². The average Bonchev–Trinajstić information content (AvgIpc) is 3.65. The Balaban J connectivity index is 1.12. The first-order chi connectivity index (χ1) is 19.7. The molecule has 1 saturated heterocycles. The van der Waals surface area contributed by atoms with E-state index in [4.69, 9.17) is 32.5 Å². The van der Waals surface area contributed by atoms with Crippen molar-refractivity contribution in [3.05, 3.63) is 91.8 Å². The molecule has 1 fully saturated rings. The minimum Gasteiger partial charge on any atom is -0.455 e. The van der Waals surface area contributed by atoms with E-state index in [1.807, 2.05) is 0 Å². The van der Waals surface area contributed by atoms with Gasteiger partial charge >= 0.3 is 6.18 Å². The van der Waals surface area contributed by atoms with Gasteiger partial charge in [0.15, 0.2) is 0 Å². The van der Waals surface area contributed by atoms with Gasteiger partial charge < -0.3 is 9.73 Å². The van der Waals surface area contributed by atoms with Gasteiger partial charge in [-0.1, -0.05) is 29.3 Å². The first-order valence-electron chi connectivity index (χ1n) is 12.6. The zero-order valence-electron chi connectivity index (χ0n) is 21.6. The molecule has 3 aromatic rings. The van der Waals surface area contributed by atoms with Crippen LogP contribution in [0.5, 0.6) is 0 Å². The highest BCUT2D eigenvalue weighted by atomic mass is 35.5. The predicted octanol–water partition coefficient (Wildman–Crippen LogP) is 6.22. The van der Waals surface area contributed by atoms with Crippen LogP contribution in [0.3, 0.4) is 0 Å². The summed E-state index contributed by atoms with van der Waals surface area (Å²) in [4.78, 5) is 35.4. The number of rotatable bonds is 5. The lowest BCUT2D eigenvalue weighted by Crippen LogP contribution is -2.54. The molecule has 2 atom stereocenters. The smallest absolute Gasteiger partial charge is 0.449 e. The number of aliphatic imine (C=N–C) groups is 1. The number of aryl methyl sites for hydroxylation is 1. The van der Waals surface area contributed by atoms with Gasteiger partial charge in [0.1, 0.15) is 25.0 Å². The zero-order chi connectivity index (χ0) is 30.2. The van der Waals surface area contributed by atoms with Gasteiger partial charge in [0.05, 0.1) is 17.0 Å². The van der Waals surface area contributed by atoms with Crippen molar-refractivity contribution >= 4 is 40.7 Å². The summed E-state index contributed by atoms with van der Waals surface area (Å²) in [6.45, 7) is 0.915. The number of nitrogens with one attached hydrogen (secondary N) is 1. The van der Waals surface area contributed by atoms with Crippen LogP contribution in [-0.4, -0.2) is 41.8 Å². The molecule has 7 nitrogen and oxygen atoms in total. The molecule has 2 aliphatic heterocycles. The number of hydrogen-bond acceptors (Lipinski definition) is 5. The third kappa shape index (κ3) is 4.47. The molecule has 3 aliphatic rings. The van der Waals surface area contributed by atoms with Gasteiger partial charge in [-0.05, 0) is 60.0 Å². The Labute approximate surface area is 245 Å². The summed E-state index contributed by atoms with van der Waals surface area (Å²) < 4.78 is 73.6. The van der Waals surface area contributed by atoms with Gasteiger partial charge in [0, 0.05) is 28.3 Å². The van der Waals surface area contributed by atoms with Crippen molar-refractivity contribution < 1.29 is 40.8 Å². The molecule has 220 valence electrons. The molecular formula is C28H20Cl2F5N3O4. The molecular weight excluding hydrogens is 608 g/mol. The SMILES string of the molecule is Cc1cc(C2=NCC3(C2)c2cc(Cl)cc(Cl)c2C3(F)F)ccc1C(=O)N[C@@H]1CON(Cc2ccc(C(F)(F)F)o2)C1=O. The van der Waals surface area contributed by atoms with Crippen LogP contribution >= 0.6 is 23.2 Å². The Hall–Kier alpha value is -3.48. The molecule has 1 aromatic heterocycles. The van der Waals surface area contributed by atoms with Crippen LogP contribution in [0, 0.1) is 6.92 Å². The molecule has 14 heteroatoms. The minimum atomic E-state index is -4.67. The Kier molecular flexibility index (Phi) is 6.67. The summed E-state index contributed by atoms with van der Waals surface area (Å²) in [5.41, 5.74) is 0.370. The number of fused-ring (bicyclic) bond motifs is 2. The van der Waals surface area contributed by atoms with Crippen LogP contribution in [0.25, 0.3) is 0 Å². The lowest BCUT2D eigenvalue weighted by Gasteiger charge is -2.48. The molecule has 1 unspecified atom stereocenters. The minimum absolute atomic E-state index is 0.0431. The van der Waals surface area contributed by atoms with Gasteiger partial charge in [-0.3, -0.25) is 19.4 Å². The normalized spacial score (nSPS) is 22.8. The van der Waals surface area contributed by atoms with E-state index in [1.165, 1.54) is 18.2 Å². The summed E-state index contributed by atoms with van der Waals surface area (Å²) in [6, 6.07) is 8.31. The Bertz CT molecular complexity index is 1670.